The number of hydrogen-bond acceptors (Lipinski definition) is 3. The van der Waals surface area contributed by atoms with Crippen LogP contribution >= 0.6 is 11.6 Å². The van der Waals surface area contributed by atoms with Crippen LogP contribution in [0.4, 0.5) is 22.0 Å². The Labute approximate surface area is 132 Å². The molecule has 1 aromatic rings. The first-order chi connectivity index (χ1) is 10.2. The lowest BCUT2D eigenvalue weighted by atomic mass is 10.1. The number of aliphatic carboxylic acids is 1. The topological polar surface area (TPSA) is 71.4 Å². The van der Waals surface area contributed by atoms with E-state index < -0.39 is 55.1 Å². The number of sulfone groups is 1. The molecule has 4 nitrogen and oxygen atoms in total. The highest BCUT2D eigenvalue weighted by Gasteiger charge is 2.57. The van der Waals surface area contributed by atoms with Crippen LogP contribution in [0.25, 0.3) is 0 Å². The molecule has 0 saturated carbocycles. The maximum absolute atomic E-state index is 14.8. The summed E-state index contributed by atoms with van der Waals surface area (Å²) in [6.07, 6.45) is -6.92. The van der Waals surface area contributed by atoms with Gasteiger partial charge in [0.2, 0.25) is 9.84 Å². The molecule has 0 aliphatic heterocycles. The number of rotatable bonds is 5. The third-order valence-corrected chi connectivity index (χ3v) is 5.73. The number of benzene rings is 1. The highest BCUT2D eigenvalue weighted by molar-refractivity contribution is 7.93. The van der Waals surface area contributed by atoms with Gasteiger partial charge in [-0.1, -0.05) is 17.7 Å². The predicted molar refractivity (Wildman–Crippen MR) is 70.9 cm³/mol. The number of carbonyl (C=O) groups is 1. The van der Waals surface area contributed by atoms with Gasteiger partial charge < -0.3 is 5.11 Å². The molecule has 0 amide bonds. The zero-order chi connectivity index (χ0) is 18.2. The summed E-state index contributed by atoms with van der Waals surface area (Å²) < 4.78 is 89.3. The van der Waals surface area contributed by atoms with Gasteiger partial charge in [0.1, 0.15) is 5.82 Å². The Morgan fingerprint density at radius 3 is 2.22 bits per heavy atom. The number of halogens is 6. The molecule has 0 aliphatic carbocycles. The molecule has 130 valence electrons. The number of carboxylic acid groups (broad SMARTS) is 1. The summed E-state index contributed by atoms with van der Waals surface area (Å²) in [6, 6.07) is 1.50. The average Bonchev–Trinajstić information content (AvgIpc) is 2.38. The maximum atomic E-state index is 14.8. The van der Waals surface area contributed by atoms with E-state index in [0.29, 0.717) is 19.1 Å². The molecular weight excluding hydrogens is 371 g/mol. The average molecular weight is 381 g/mol. The fourth-order valence-electron chi connectivity index (χ4n) is 1.82. The zero-order valence-corrected chi connectivity index (χ0v) is 12.9. The Hall–Kier alpha value is -1.42. The number of hydrogen-bond donors (Lipinski definition) is 1. The summed E-state index contributed by atoms with van der Waals surface area (Å²) >= 11 is 5.33. The van der Waals surface area contributed by atoms with Gasteiger partial charge in [0, 0.05) is 5.56 Å². The monoisotopic (exact) mass is 380 g/mol. The van der Waals surface area contributed by atoms with Crippen LogP contribution in [0, 0.1) is 5.82 Å². The summed E-state index contributed by atoms with van der Waals surface area (Å²) in [6.45, 7) is 0.520. The van der Waals surface area contributed by atoms with Crippen LogP contribution in [-0.4, -0.2) is 30.9 Å². The number of alkyl halides is 4. The lowest BCUT2D eigenvalue weighted by molar-refractivity contribution is -0.146. The van der Waals surface area contributed by atoms with Gasteiger partial charge in [-0.05, 0) is 19.1 Å². The molecule has 1 rings (SSSR count). The second-order valence-corrected chi connectivity index (χ2v) is 7.57. The molecule has 2 atom stereocenters. The van der Waals surface area contributed by atoms with E-state index in [9.17, 15) is 35.2 Å². The first-order valence-corrected chi connectivity index (χ1v) is 7.84. The standard InChI is InChI=1S/C12H10ClF5O4S/c1-6(5-11(15,16)17)23(21,22)12(18,10(19)20)7-2-3-8(13)9(14)4-7/h2-4,6H,5H2,1H3,(H,19,20). The third kappa shape index (κ3) is 3.74. The Bertz CT molecular complexity index is 719. The van der Waals surface area contributed by atoms with E-state index >= 15 is 0 Å². The van der Waals surface area contributed by atoms with Crippen molar-refractivity contribution in [3.05, 3.63) is 34.6 Å². The second kappa shape index (κ2) is 6.23. The minimum absolute atomic E-state index is 0.217. The van der Waals surface area contributed by atoms with E-state index in [1.807, 2.05) is 0 Å². The molecule has 2 unspecified atom stereocenters. The minimum atomic E-state index is -5.51. The van der Waals surface area contributed by atoms with Gasteiger partial charge in [-0.15, -0.1) is 0 Å². The normalized spacial score (nSPS) is 16.7. The molecule has 11 heteroatoms. The number of carboxylic acids is 1. The summed E-state index contributed by atoms with van der Waals surface area (Å²) in [5.41, 5.74) is -1.18. The Morgan fingerprint density at radius 1 is 1.30 bits per heavy atom. The van der Waals surface area contributed by atoms with Crippen LogP contribution < -0.4 is 0 Å². The van der Waals surface area contributed by atoms with E-state index in [1.54, 1.807) is 0 Å². The van der Waals surface area contributed by atoms with Crippen LogP contribution in [0.2, 0.25) is 5.02 Å². The van der Waals surface area contributed by atoms with E-state index in [2.05, 4.69) is 0 Å². The first kappa shape index (κ1) is 19.6. The molecule has 23 heavy (non-hydrogen) atoms. The molecule has 1 aromatic carbocycles. The van der Waals surface area contributed by atoms with Crippen LogP contribution in [0.3, 0.4) is 0 Å². The summed E-state index contributed by atoms with van der Waals surface area (Å²) in [5.74, 6) is -3.89. The molecule has 1 N–H and O–H groups in total. The molecule has 0 bridgehead atoms. The van der Waals surface area contributed by atoms with Crippen molar-refractivity contribution in [1.29, 1.82) is 0 Å². The summed E-state index contributed by atoms with van der Waals surface area (Å²) in [4.78, 5) is 11.1. The summed E-state index contributed by atoms with van der Waals surface area (Å²) in [5, 5.41) is 1.75. The maximum Gasteiger partial charge on any atom is 0.390 e. The van der Waals surface area contributed by atoms with Gasteiger partial charge in [0.05, 0.1) is 16.7 Å². The van der Waals surface area contributed by atoms with Crippen molar-refractivity contribution in [2.24, 2.45) is 0 Å². The molecule has 0 aromatic heterocycles. The zero-order valence-electron chi connectivity index (χ0n) is 11.4. The van der Waals surface area contributed by atoms with Crippen LogP contribution in [0.5, 0.6) is 0 Å². The van der Waals surface area contributed by atoms with Gasteiger partial charge in [0.15, 0.2) is 0 Å². The van der Waals surface area contributed by atoms with E-state index in [-0.39, 0.29) is 6.07 Å². The van der Waals surface area contributed by atoms with Gasteiger partial charge in [-0.25, -0.2) is 22.0 Å². The van der Waals surface area contributed by atoms with Crippen LogP contribution in [-0.2, 0) is 19.6 Å². The van der Waals surface area contributed by atoms with Crippen molar-refractivity contribution >= 4 is 27.4 Å². The van der Waals surface area contributed by atoms with Crippen molar-refractivity contribution in [1.82, 2.24) is 0 Å². The predicted octanol–water partition coefficient (Wildman–Crippen LogP) is 3.44. The van der Waals surface area contributed by atoms with Gasteiger partial charge in [0.25, 0.3) is 0 Å². The molecule has 0 heterocycles. The van der Waals surface area contributed by atoms with Crippen molar-refractivity contribution < 1.29 is 40.3 Å². The van der Waals surface area contributed by atoms with E-state index in [4.69, 9.17) is 16.7 Å². The van der Waals surface area contributed by atoms with Gasteiger partial charge >= 0.3 is 17.1 Å². The van der Waals surface area contributed by atoms with Crippen molar-refractivity contribution in [2.75, 3.05) is 0 Å². The lowest BCUT2D eigenvalue weighted by Crippen LogP contribution is -2.45. The third-order valence-electron chi connectivity index (χ3n) is 3.01. The molecule has 0 aliphatic rings. The molecule has 0 saturated heterocycles. The Kier molecular flexibility index (Phi) is 5.32. The minimum Gasteiger partial charge on any atom is -0.478 e. The van der Waals surface area contributed by atoms with E-state index in [0.717, 1.165) is 0 Å². The van der Waals surface area contributed by atoms with Crippen molar-refractivity contribution in [3.63, 3.8) is 0 Å². The van der Waals surface area contributed by atoms with Crippen LogP contribution in [0.15, 0.2) is 18.2 Å². The highest BCUT2D eigenvalue weighted by Crippen LogP contribution is 2.39. The largest absolute Gasteiger partial charge is 0.478 e. The van der Waals surface area contributed by atoms with Gasteiger partial charge in [-0.3, -0.25) is 0 Å². The van der Waals surface area contributed by atoms with Gasteiger partial charge in [-0.2, -0.15) is 13.2 Å². The lowest BCUT2D eigenvalue weighted by Gasteiger charge is -2.25. The van der Waals surface area contributed by atoms with E-state index in [1.165, 1.54) is 0 Å². The van der Waals surface area contributed by atoms with Crippen molar-refractivity contribution in [2.45, 2.75) is 29.8 Å². The molecular formula is C12H10ClF5O4S. The Balaban J connectivity index is 3.49. The first-order valence-electron chi connectivity index (χ1n) is 5.91. The quantitative estimate of drug-likeness (QED) is 0.794. The molecule has 0 spiro atoms. The Morgan fingerprint density at radius 2 is 1.83 bits per heavy atom. The summed E-state index contributed by atoms with van der Waals surface area (Å²) in [7, 11) is -5.51. The molecule has 0 radical (unpaired) electrons. The fraction of sp³-hybridized carbons (Fsp3) is 0.417. The SMILES string of the molecule is CC(CC(F)(F)F)S(=O)(=O)C(F)(C(=O)O)c1ccc(Cl)c(F)c1. The fourth-order valence-corrected chi connectivity index (χ4v) is 3.60. The second-order valence-electron chi connectivity index (χ2n) is 4.70. The smallest absolute Gasteiger partial charge is 0.390 e. The molecule has 0 fully saturated rings. The van der Waals surface area contributed by atoms with Crippen molar-refractivity contribution in [3.8, 4) is 0 Å². The highest BCUT2D eigenvalue weighted by atomic mass is 35.5. The van der Waals surface area contributed by atoms with Crippen LogP contribution in [0.1, 0.15) is 18.9 Å².